The number of para-hydroxylation sites is 1. The summed E-state index contributed by atoms with van der Waals surface area (Å²) in [5.74, 6) is 1.64. The van der Waals surface area contributed by atoms with Crippen molar-refractivity contribution in [1.29, 1.82) is 0 Å². The molecule has 1 heterocycles. The molecule has 1 fully saturated rings. The predicted octanol–water partition coefficient (Wildman–Crippen LogP) is 2.49. The Morgan fingerprint density at radius 3 is 2.77 bits per heavy atom. The zero-order valence-corrected chi connectivity index (χ0v) is 17.8. The molecule has 6 nitrogen and oxygen atoms in total. The Balaban J connectivity index is 1.74. The summed E-state index contributed by atoms with van der Waals surface area (Å²) in [5.41, 5.74) is 0. The van der Waals surface area contributed by atoms with E-state index in [1.54, 1.807) is 7.05 Å². The fraction of sp³-hybridized carbons (Fsp3) is 0.632. The summed E-state index contributed by atoms with van der Waals surface area (Å²) in [4.78, 5) is 6.78. The van der Waals surface area contributed by atoms with Gasteiger partial charge in [-0.15, -0.1) is 0 Å². The van der Waals surface area contributed by atoms with Crippen molar-refractivity contribution in [3.05, 3.63) is 28.7 Å². The summed E-state index contributed by atoms with van der Waals surface area (Å²) >= 11 is 3.51. The van der Waals surface area contributed by atoms with Crippen molar-refractivity contribution in [3.63, 3.8) is 0 Å². The first-order valence-electron chi connectivity index (χ1n) is 9.20. The fourth-order valence-electron chi connectivity index (χ4n) is 3.02. The van der Waals surface area contributed by atoms with Gasteiger partial charge in [-0.25, -0.2) is 0 Å². The molecule has 0 spiro atoms. The van der Waals surface area contributed by atoms with Crippen LogP contribution in [0, 0.1) is 0 Å². The number of rotatable bonds is 7. The lowest BCUT2D eigenvalue weighted by Crippen LogP contribution is -2.53. The average molecular weight is 427 g/mol. The normalized spacial score (nSPS) is 21.1. The summed E-state index contributed by atoms with van der Waals surface area (Å²) in [7, 11) is 1.79. The number of aliphatic imine (C=N–C) groups is 1. The van der Waals surface area contributed by atoms with Crippen molar-refractivity contribution in [2.75, 3.05) is 39.9 Å². The standard InChI is InChI=1S/C19H31BrN4O2/c1-14(24-9-10-25-13-15(24)2)11-22-19(21-4)23-12-16(3)26-18-8-6-5-7-17(18)20/h5-8,14-16H,9-13H2,1-4H3,(H2,21,22,23). The Morgan fingerprint density at radius 2 is 2.08 bits per heavy atom. The van der Waals surface area contributed by atoms with Gasteiger partial charge in [0.25, 0.3) is 0 Å². The van der Waals surface area contributed by atoms with Crippen LogP contribution in [-0.2, 0) is 4.74 Å². The molecule has 26 heavy (non-hydrogen) atoms. The molecule has 1 saturated heterocycles. The molecule has 1 aromatic carbocycles. The molecule has 2 rings (SSSR count). The van der Waals surface area contributed by atoms with Gasteiger partial charge in [0.05, 0.1) is 24.2 Å². The van der Waals surface area contributed by atoms with Crippen molar-refractivity contribution >= 4 is 21.9 Å². The number of hydrogen-bond acceptors (Lipinski definition) is 4. The number of hydrogen-bond donors (Lipinski definition) is 2. The van der Waals surface area contributed by atoms with Crippen LogP contribution in [0.15, 0.2) is 33.7 Å². The number of guanidine groups is 1. The first-order chi connectivity index (χ1) is 12.5. The van der Waals surface area contributed by atoms with Crippen LogP contribution in [0.25, 0.3) is 0 Å². The molecule has 2 N–H and O–H groups in total. The molecule has 0 amide bonds. The third kappa shape index (κ3) is 6.45. The summed E-state index contributed by atoms with van der Waals surface area (Å²) < 4.78 is 12.4. The monoisotopic (exact) mass is 426 g/mol. The minimum atomic E-state index is 0.0175. The molecule has 1 aromatic rings. The van der Waals surface area contributed by atoms with E-state index < -0.39 is 0 Å². The lowest BCUT2D eigenvalue weighted by Gasteiger charge is -2.38. The molecule has 1 aliphatic rings. The maximum absolute atomic E-state index is 5.96. The highest BCUT2D eigenvalue weighted by Gasteiger charge is 2.23. The average Bonchev–Trinajstić information content (AvgIpc) is 2.64. The van der Waals surface area contributed by atoms with E-state index >= 15 is 0 Å². The molecule has 0 aromatic heterocycles. The number of nitrogens with one attached hydrogen (secondary N) is 2. The van der Waals surface area contributed by atoms with E-state index in [2.05, 4.69) is 50.3 Å². The van der Waals surface area contributed by atoms with E-state index in [-0.39, 0.29) is 6.10 Å². The van der Waals surface area contributed by atoms with Crippen LogP contribution < -0.4 is 15.4 Å². The van der Waals surface area contributed by atoms with Gasteiger partial charge < -0.3 is 20.1 Å². The molecule has 0 aliphatic carbocycles. The molecule has 146 valence electrons. The summed E-state index contributed by atoms with van der Waals surface area (Å²) in [5, 5.41) is 6.74. The van der Waals surface area contributed by atoms with Gasteiger partial charge in [0.15, 0.2) is 5.96 Å². The van der Waals surface area contributed by atoms with Gasteiger partial charge in [0.1, 0.15) is 11.9 Å². The van der Waals surface area contributed by atoms with Crippen LogP contribution in [0.2, 0.25) is 0 Å². The Hall–Kier alpha value is -1.31. The van der Waals surface area contributed by atoms with Gasteiger partial charge in [-0.1, -0.05) is 12.1 Å². The molecule has 0 bridgehead atoms. The third-order valence-corrected chi connectivity index (χ3v) is 5.15. The van der Waals surface area contributed by atoms with Crippen LogP contribution in [0.1, 0.15) is 20.8 Å². The van der Waals surface area contributed by atoms with E-state index in [1.165, 1.54) is 0 Å². The first kappa shape index (κ1) is 21.0. The van der Waals surface area contributed by atoms with Crippen molar-refractivity contribution < 1.29 is 9.47 Å². The largest absolute Gasteiger partial charge is 0.488 e. The minimum absolute atomic E-state index is 0.0175. The lowest BCUT2D eigenvalue weighted by molar-refractivity contribution is -0.0174. The Morgan fingerprint density at radius 1 is 1.35 bits per heavy atom. The van der Waals surface area contributed by atoms with E-state index in [9.17, 15) is 0 Å². The maximum Gasteiger partial charge on any atom is 0.191 e. The highest BCUT2D eigenvalue weighted by atomic mass is 79.9. The molecular formula is C19H31BrN4O2. The van der Waals surface area contributed by atoms with E-state index in [1.807, 2.05) is 31.2 Å². The summed E-state index contributed by atoms with van der Waals surface area (Å²) in [6, 6.07) is 8.74. The summed E-state index contributed by atoms with van der Waals surface area (Å²) in [6.45, 7) is 10.6. The van der Waals surface area contributed by atoms with Crippen LogP contribution in [0.4, 0.5) is 0 Å². The predicted molar refractivity (Wildman–Crippen MR) is 110 cm³/mol. The molecule has 0 saturated carbocycles. The zero-order valence-electron chi connectivity index (χ0n) is 16.2. The van der Waals surface area contributed by atoms with E-state index in [0.717, 1.165) is 42.5 Å². The van der Waals surface area contributed by atoms with Crippen molar-refractivity contribution in [1.82, 2.24) is 15.5 Å². The number of benzene rings is 1. The second-order valence-corrected chi connectivity index (χ2v) is 7.56. The number of morpholine rings is 1. The highest BCUT2D eigenvalue weighted by Crippen LogP contribution is 2.24. The van der Waals surface area contributed by atoms with Gasteiger partial charge in [0, 0.05) is 32.2 Å². The van der Waals surface area contributed by atoms with Gasteiger partial charge in [-0.3, -0.25) is 9.89 Å². The van der Waals surface area contributed by atoms with Crippen molar-refractivity contribution in [2.24, 2.45) is 4.99 Å². The van der Waals surface area contributed by atoms with Gasteiger partial charge in [0.2, 0.25) is 0 Å². The van der Waals surface area contributed by atoms with Crippen LogP contribution in [0.3, 0.4) is 0 Å². The Labute approximate surface area is 165 Å². The van der Waals surface area contributed by atoms with Crippen LogP contribution in [-0.4, -0.2) is 68.9 Å². The van der Waals surface area contributed by atoms with Gasteiger partial charge in [-0.2, -0.15) is 0 Å². The minimum Gasteiger partial charge on any atom is -0.488 e. The molecule has 1 aliphatic heterocycles. The third-order valence-electron chi connectivity index (χ3n) is 4.50. The SMILES string of the molecule is CN=C(NCC(C)Oc1ccccc1Br)NCC(C)N1CCOCC1C. The van der Waals surface area contributed by atoms with Crippen molar-refractivity contribution in [2.45, 2.75) is 39.0 Å². The number of ether oxygens (including phenoxy) is 2. The fourth-order valence-corrected chi connectivity index (χ4v) is 3.39. The smallest absolute Gasteiger partial charge is 0.191 e. The Kier molecular flexibility index (Phi) is 8.68. The highest BCUT2D eigenvalue weighted by molar-refractivity contribution is 9.10. The number of halogens is 1. The molecule has 3 unspecified atom stereocenters. The molecule has 3 atom stereocenters. The van der Waals surface area contributed by atoms with Crippen molar-refractivity contribution in [3.8, 4) is 5.75 Å². The molecule has 0 radical (unpaired) electrons. The van der Waals surface area contributed by atoms with E-state index in [4.69, 9.17) is 9.47 Å². The number of nitrogens with zero attached hydrogens (tertiary/aromatic N) is 2. The van der Waals surface area contributed by atoms with Gasteiger partial charge >= 0.3 is 0 Å². The first-order valence-corrected chi connectivity index (χ1v) is 9.99. The second-order valence-electron chi connectivity index (χ2n) is 6.70. The lowest BCUT2D eigenvalue weighted by atomic mass is 10.2. The van der Waals surface area contributed by atoms with Crippen LogP contribution >= 0.6 is 15.9 Å². The Bertz CT molecular complexity index is 584. The topological polar surface area (TPSA) is 58.1 Å². The second kappa shape index (κ2) is 10.7. The van der Waals surface area contributed by atoms with Gasteiger partial charge in [-0.05, 0) is 48.8 Å². The molecule has 7 heteroatoms. The summed E-state index contributed by atoms with van der Waals surface area (Å²) in [6.07, 6.45) is 0.0175. The zero-order chi connectivity index (χ0) is 18.9. The maximum atomic E-state index is 5.96. The van der Waals surface area contributed by atoms with E-state index in [0.29, 0.717) is 18.6 Å². The quantitative estimate of drug-likeness (QED) is 0.517. The van der Waals surface area contributed by atoms with Crippen LogP contribution in [0.5, 0.6) is 5.75 Å². The molecular weight excluding hydrogens is 396 g/mol.